The molecule has 2 heterocycles. The van der Waals surface area contributed by atoms with Gasteiger partial charge >= 0.3 is 59.7 Å². The molecule has 0 spiro atoms. The minimum Gasteiger partial charge on any atom is -0.483 e. The molecule has 0 saturated carbocycles. The number of ether oxygens (including phenoxy) is 12. The van der Waals surface area contributed by atoms with Gasteiger partial charge in [0.15, 0.2) is 46.0 Å². The van der Waals surface area contributed by atoms with Gasteiger partial charge in [-0.05, 0) is 126 Å². The van der Waals surface area contributed by atoms with Crippen LogP contribution in [0.15, 0.2) is 97.1 Å². The number of esters is 10. The van der Waals surface area contributed by atoms with Crippen LogP contribution in [0.3, 0.4) is 0 Å². The van der Waals surface area contributed by atoms with Gasteiger partial charge in [0.2, 0.25) is 11.8 Å². The maximum atomic E-state index is 13.4. The average Bonchev–Trinajstić information content (AvgIpc) is 0.768. The molecule has 2 amide bonds. The van der Waals surface area contributed by atoms with Gasteiger partial charge in [0.05, 0.1) is 12.1 Å². The molecule has 2 aliphatic rings. The molecule has 0 saturated heterocycles. The molecule has 0 N–H and O–H groups in total. The minimum absolute atomic E-state index is 0.0106. The second kappa shape index (κ2) is 32.1. The zero-order valence-corrected chi connectivity index (χ0v) is 55.8. The smallest absolute Gasteiger partial charge is 0.308 e. The van der Waals surface area contributed by atoms with Gasteiger partial charge in [0.25, 0.3) is 0 Å². The highest BCUT2D eigenvalue weighted by Crippen LogP contribution is 2.47. The van der Waals surface area contributed by atoms with Crippen molar-refractivity contribution in [1.29, 1.82) is 0 Å². The number of hydrogen-bond donors (Lipinski definition) is 0. The fourth-order valence-electron chi connectivity index (χ4n) is 10.9. The van der Waals surface area contributed by atoms with E-state index < -0.39 is 84.0 Å². The molecule has 4 atom stereocenters. The molecule has 0 radical (unpaired) electrons. The number of carbonyl (C=O) groups excluding carboxylic acids is 12. The van der Waals surface area contributed by atoms with Gasteiger partial charge in [0, 0.05) is 120 Å². The first-order chi connectivity index (χ1) is 45.7. The lowest BCUT2D eigenvalue weighted by atomic mass is 9.89. The second-order valence-corrected chi connectivity index (χ2v) is 22.6. The van der Waals surface area contributed by atoms with E-state index in [2.05, 4.69) is 0 Å². The van der Waals surface area contributed by atoms with Crippen LogP contribution in [0.4, 0.5) is 0 Å². The van der Waals surface area contributed by atoms with E-state index in [0.29, 0.717) is 57.1 Å². The third kappa shape index (κ3) is 20.0. The highest BCUT2D eigenvalue weighted by Gasteiger charge is 2.41. The first kappa shape index (κ1) is 73.0. The van der Waals surface area contributed by atoms with Crippen molar-refractivity contribution in [1.82, 2.24) is 9.80 Å². The molecular weight excluding hydrogens is 1260 g/mol. The third-order valence-corrected chi connectivity index (χ3v) is 14.4. The van der Waals surface area contributed by atoms with Crippen molar-refractivity contribution in [3.63, 3.8) is 0 Å². The van der Waals surface area contributed by atoms with Crippen LogP contribution in [0.5, 0.6) is 69.0 Å². The minimum atomic E-state index is -0.873. The number of fused-ring (bicyclic) bond motifs is 2. The van der Waals surface area contributed by atoms with E-state index in [0.717, 1.165) is 11.1 Å². The third-order valence-electron chi connectivity index (χ3n) is 14.4. The topological polar surface area (TPSA) is 322 Å². The Bertz CT molecular complexity index is 4130. The summed E-state index contributed by atoms with van der Waals surface area (Å²) in [6.45, 7) is 18.8. The van der Waals surface area contributed by atoms with Crippen LogP contribution in [0, 0.1) is 13.8 Å². The molecule has 26 nitrogen and oxygen atoms in total. The molecule has 0 unspecified atom stereocenters. The van der Waals surface area contributed by atoms with E-state index in [4.69, 9.17) is 56.8 Å². The molecule has 0 fully saturated rings. The maximum Gasteiger partial charge on any atom is 0.308 e. The Balaban J connectivity index is 0.000000273. The number of rotatable bonds is 19. The van der Waals surface area contributed by atoms with E-state index in [1.165, 1.54) is 130 Å². The fourth-order valence-corrected chi connectivity index (χ4v) is 10.9. The molecule has 2 aliphatic heterocycles. The van der Waals surface area contributed by atoms with Gasteiger partial charge in [0.1, 0.15) is 35.2 Å². The lowest BCUT2D eigenvalue weighted by molar-refractivity contribution is -0.135. The number of nitrogens with zero attached hydrogens (tertiary/aromatic N) is 2. The molecule has 8 rings (SSSR count). The van der Waals surface area contributed by atoms with Crippen LogP contribution in [0.2, 0.25) is 0 Å². The zero-order chi connectivity index (χ0) is 71.3. The van der Waals surface area contributed by atoms with Crippen molar-refractivity contribution in [2.45, 2.75) is 147 Å². The van der Waals surface area contributed by atoms with E-state index in [9.17, 15) is 57.5 Å². The Labute approximate surface area is 557 Å². The Hall–Kier alpha value is -11.4. The number of carbonyl (C=O) groups is 12. The quantitative estimate of drug-likeness (QED) is 0.0538. The Morgan fingerprint density at radius 3 is 0.969 bits per heavy atom. The predicted octanol–water partition coefficient (Wildman–Crippen LogP) is 9.47. The molecule has 97 heavy (non-hydrogen) atoms. The van der Waals surface area contributed by atoms with Crippen LogP contribution in [-0.2, 0) is 83.3 Å². The summed E-state index contributed by atoms with van der Waals surface area (Å²) in [5.41, 5.74) is 4.82. The summed E-state index contributed by atoms with van der Waals surface area (Å²) in [4.78, 5) is 148. The van der Waals surface area contributed by atoms with E-state index in [-0.39, 0.29) is 89.5 Å². The van der Waals surface area contributed by atoms with Crippen LogP contribution in [0.25, 0.3) is 0 Å². The summed E-state index contributed by atoms with van der Waals surface area (Å²) in [7, 11) is 0. The molecule has 0 bridgehead atoms. The van der Waals surface area contributed by atoms with Gasteiger partial charge in [-0.3, -0.25) is 57.5 Å². The fraction of sp³-hybridized carbons (Fsp3) is 0.324. The van der Waals surface area contributed by atoms with Crippen molar-refractivity contribution in [2.24, 2.45) is 0 Å². The zero-order valence-electron chi connectivity index (χ0n) is 55.8. The van der Waals surface area contributed by atoms with Crippen molar-refractivity contribution in [3.05, 3.63) is 142 Å². The van der Waals surface area contributed by atoms with Crippen molar-refractivity contribution >= 4 is 71.5 Å². The number of aryl methyl sites for hydroxylation is 2. The molecule has 0 aliphatic carbocycles. The summed E-state index contributed by atoms with van der Waals surface area (Å²) in [5.74, 6) is -5.16. The van der Waals surface area contributed by atoms with Crippen LogP contribution in [0.1, 0.15) is 140 Å². The Morgan fingerprint density at radius 1 is 0.340 bits per heavy atom. The predicted molar refractivity (Wildman–Crippen MR) is 340 cm³/mol. The number of hydrogen-bond acceptors (Lipinski definition) is 24. The number of benzene rings is 6. The monoisotopic (exact) mass is 1340 g/mol. The van der Waals surface area contributed by atoms with Crippen LogP contribution < -0.4 is 56.8 Å². The second-order valence-electron chi connectivity index (χ2n) is 22.6. The molecule has 26 heteroatoms. The Morgan fingerprint density at radius 2 is 0.629 bits per heavy atom. The number of amides is 2. The first-order valence-electron chi connectivity index (χ1n) is 30.2. The largest absolute Gasteiger partial charge is 0.483 e. The van der Waals surface area contributed by atoms with Crippen molar-refractivity contribution in [3.8, 4) is 69.0 Å². The standard InChI is InChI=1S/C36H37NO12.C35H35NO12/c1-19-14-32(46-23(5)41)28-18-29(36(49-33(28)15-19)27-9-11-31(45-22(4)40)35(17-27)48-25(7)43)37(20(2)38)13-12-26-8-10-30(44-21(3)39)34(16-26)47-24(6)42;1-18-12-31(45-22(5)40)27-16-28(36(19(2)37)17-25-8-10-29(43-20(3)38)33(14-25)46-23(6)41)35(48-32(27)13-18)26-9-11-30(44-21(4)39)34(15-26)47-24(7)42/h8-11,14-17,29,36H,12-13,18H2,1-7H3;8-15,28,35H,16-17H2,1-7H3/t29-,36-;28-,35-/m11/s1. The van der Waals surface area contributed by atoms with Crippen molar-refractivity contribution < 1.29 is 114 Å². The summed E-state index contributed by atoms with van der Waals surface area (Å²) < 4.78 is 66.4. The van der Waals surface area contributed by atoms with Gasteiger partial charge in [-0.15, -0.1) is 0 Å². The van der Waals surface area contributed by atoms with E-state index >= 15 is 0 Å². The average molecular weight is 1340 g/mol. The first-order valence-corrected chi connectivity index (χ1v) is 30.2. The normalized spacial score (nSPS) is 14.8. The summed E-state index contributed by atoms with van der Waals surface area (Å²) in [6, 6.07) is 24.1. The van der Waals surface area contributed by atoms with Gasteiger partial charge in [-0.1, -0.05) is 24.3 Å². The Kier molecular flexibility index (Phi) is 24.2. The summed E-state index contributed by atoms with van der Waals surface area (Å²) in [6.07, 6.45) is -1.03. The molecule has 510 valence electrons. The SMILES string of the molecule is CC(=O)Oc1ccc(CCN(C(C)=O)[C@@H]2Cc3c(OC(C)=O)cc(C)cc3O[C@@H]2c2ccc(OC(C)=O)c(OC(C)=O)c2)cc1OC(C)=O.CC(=O)Oc1ccc(CN(C(C)=O)[C@@H]2Cc3c(OC(C)=O)cc(C)cc3O[C@@H]2c2ccc(OC(C)=O)c(OC(C)=O)c2)cc1OC(C)=O. The van der Waals surface area contributed by atoms with Crippen LogP contribution in [-0.4, -0.2) is 99.9 Å². The highest BCUT2D eigenvalue weighted by atomic mass is 16.6. The van der Waals surface area contributed by atoms with Gasteiger partial charge in [-0.2, -0.15) is 0 Å². The molecule has 6 aromatic carbocycles. The molecule has 6 aromatic rings. The maximum absolute atomic E-state index is 13.4. The van der Waals surface area contributed by atoms with Gasteiger partial charge < -0.3 is 66.6 Å². The van der Waals surface area contributed by atoms with Crippen LogP contribution >= 0.6 is 0 Å². The summed E-state index contributed by atoms with van der Waals surface area (Å²) >= 11 is 0. The molecular formula is C71H72N2O24. The van der Waals surface area contributed by atoms with Crippen molar-refractivity contribution in [2.75, 3.05) is 6.54 Å². The highest BCUT2D eigenvalue weighted by molar-refractivity contribution is 5.79. The van der Waals surface area contributed by atoms with Gasteiger partial charge in [-0.25, -0.2) is 0 Å². The molecule has 0 aromatic heterocycles. The van der Waals surface area contributed by atoms with E-state index in [1.54, 1.807) is 59.5 Å². The lowest BCUT2D eigenvalue weighted by Gasteiger charge is -2.41. The lowest BCUT2D eigenvalue weighted by Crippen LogP contribution is -2.48. The van der Waals surface area contributed by atoms with E-state index in [1.807, 2.05) is 13.8 Å². The summed E-state index contributed by atoms with van der Waals surface area (Å²) in [5, 5.41) is 0.